The summed E-state index contributed by atoms with van der Waals surface area (Å²) in [7, 11) is 0. The van der Waals surface area contributed by atoms with Crippen molar-refractivity contribution < 1.29 is 29.0 Å². The second-order valence-corrected chi connectivity index (χ2v) is 6.31. The summed E-state index contributed by atoms with van der Waals surface area (Å²) in [5.41, 5.74) is 0.145. The molecule has 3 N–H and O–H groups in total. The maximum atomic E-state index is 11.7. The Morgan fingerprint density at radius 2 is 1.76 bits per heavy atom. The molecule has 0 aliphatic rings. The van der Waals surface area contributed by atoms with E-state index in [-0.39, 0.29) is 19.6 Å². The number of rotatable bonds is 7. The van der Waals surface area contributed by atoms with E-state index in [1.54, 1.807) is 45.0 Å². The van der Waals surface area contributed by atoms with E-state index in [4.69, 9.17) is 14.6 Å². The second kappa shape index (κ2) is 9.51. The number of aliphatic carboxylic acids is 1. The first-order valence-electron chi connectivity index (χ1n) is 7.84. The summed E-state index contributed by atoms with van der Waals surface area (Å²) in [6.45, 7) is 5.23. The summed E-state index contributed by atoms with van der Waals surface area (Å²) >= 11 is 0. The summed E-state index contributed by atoms with van der Waals surface area (Å²) in [4.78, 5) is 34.4. The zero-order chi connectivity index (χ0) is 18.9. The molecule has 0 heterocycles. The third-order valence-corrected chi connectivity index (χ3v) is 2.90. The molecule has 1 unspecified atom stereocenters. The molecule has 0 aromatic heterocycles. The molecule has 0 saturated carbocycles. The lowest BCUT2D eigenvalue weighted by atomic mass is 10.2. The van der Waals surface area contributed by atoms with E-state index >= 15 is 0 Å². The van der Waals surface area contributed by atoms with Gasteiger partial charge in [-0.3, -0.25) is 0 Å². The van der Waals surface area contributed by atoms with Crippen molar-refractivity contribution >= 4 is 18.2 Å². The Hall–Kier alpha value is -2.77. The minimum Gasteiger partial charge on any atom is -0.480 e. The van der Waals surface area contributed by atoms with Crippen LogP contribution in [-0.2, 0) is 20.9 Å². The summed E-state index contributed by atoms with van der Waals surface area (Å²) in [6, 6.07) is 7.83. The highest BCUT2D eigenvalue weighted by Crippen LogP contribution is 2.06. The van der Waals surface area contributed by atoms with Crippen molar-refractivity contribution in [2.24, 2.45) is 0 Å². The lowest BCUT2D eigenvalue weighted by Gasteiger charge is -2.20. The quantitative estimate of drug-likeness (QED) is 0.694. The number of benzene rings is 1. The molecule has 0 aliphatic heterocycles. The van der Waals surface area contributed by atoms with Gasteiger partial charge in [0.1, 0.15) is 18.2 Å². The average Bonchev–Trinajstić information content (AvgIpc) is 2.51. The van der Waals surface area contributed by atoms with Gasteiger partial charge >= 0.3 is 18.2 Å². The molecule has 8 heteroatoms. The number of nitrogens with one attached hydrogen (secondary N) is 2. The van der Waals surface area contributed by atoms with Gasteiger partial charge in [0, 0.05) is 6.54 Å². The SMILES string of the molecule is CC(C)(C)OC(=O)NCCC(NC(=O)OCc1ccccc1)C(=O)O. The Morgan fingerprint density at radius 3 is 2.32 bits per heavy atom. The molecule has 138 valence electrons. The minimum absolute atomic E-state index is 0.00495. The van der Waals surface area contributed by atoms with Gasteiger partial charge < -0.3 is 25.2 Å². The number of alkyl carbamates (subject to hydrolysis) is 2. The van der Waals surface area contributed by atoms with Gasteiger partial charge in [0.2, 0.25) is 0 Å². The fourth-order valence-electron chi connectivity index (χ4n) is 1.80. The van der Waals surface area contributed by atoms with Crippen LogP contribution in [0.3, 0.4) is 0 Å². The standard InChI is InChI=1S/C17H24N2O6/c1-17(2,3)25-15(22)18-10-9-13(14(20)21)19-16(23)24-11-12-7-5-4-6-8-12/h4-8,13H,9-11H2,1-3H3,(H,18,22)(H,19,23)(H,20,21). The van der Waals surface area contributed by atoms with E-state index in [1.807, 2.05) is 6.07 Å². The number of carbonyl (C=O) groups is 3. The topological polar surface area (TPSA) is 114 Å². The Balaban J connectivity index is 2.37. The number of amides is 2. The molecule has 1 rings (SSSR count). The molecule has 0 bridgehead atoms. The molecule has 2 amide bonds. The molecule has 0 radical (unpaired) electrons. The van der Waals surface area contributed by atoms with Crippen molar-refractivity contribution in [3.05, 3.63) is 35.9 Å². The van der Waals surface area contributed by atoms with Gasteiger partial charge in [-0.15, -0.1) is 0 Å². The molecule has 1 aromatic carbocycles. The van der Waals surface area contributed by atoms with Gasteiger partial charge in [0.15, 0.2) is 0 Å². The normalized spacial score (nSPS) is 12.0. The summed E-state index contributed by atoms with van der Waals surface area (Å²) in [5, 5.41) is 13.8. The van der Waals surface area contributed by atoms with Crippen molar-refractivity contribution in [2.45, 2.75) is 45.4 Å². The molecule has 25 heavy (non-hydrogen) atoms. The van der Waals surface area contributed by atoms with Crippen LogP contribution in [0.1, 0.15) is 32.8 Å². The van der Waals surface area contributed by atoms with Gasteiger partial charge in [0.05, 0.1) is 0 Å². The zero-order valence-electron chi connectivity index (χ0n) is 14.6. The van der Waals surface area contributed by atoms with Gasteiger partial charge in [-0.25, -0.2) is 14.4 Å². The van der Waals surface area contributed by atoms with Crippen molar-refractivity contribution in [3.63, 3.8) is 0 Å². The van der Waals surface area contributed by atoms with Gasteiger partial charge in [-0.05, 0) is 32.8 Å². The second-order valence-electron chi connectivity index (χ2n) is 6.31. The Morgan fingerprint density at radius 1 is 1.12 bits per heavy atom. The average molecular weight is 352 g/mol. The molecule has 0 spiro atoms. The molecule has 0 fully saturated rings. The molecular weight excluding hydrogens is 328 g/mol. The maximum absolute atomic E-state index is 11.7. The van der Waals surface area contributed by atoms with Crippen LogP contribution in [0.4, 0.5) is 9.59 Å². The van der Waals surface area contributed by atoms with E-state index in [0.29, 0.717) is 0 Å². The van der Waals surface area contributed by atoms with Crippen LogP contribution in [-0.4, -0.2) is 41.4 Å². The summed E-state index contributed by atoms with van der Waals surface area (Å²) in [6.07, 6.45) is -1.49. The third kappa shape index (κ3) is 9.19. The number of hydrogen-bond donors (Lipinski definition) is 3. The number of ether oxygens (including phenoxy) is 2. The van der Waals surface area contributed by atoms with E-state index in [1.165, 1.54) is 0 Å². The van der Waals surface area contributed by atoms with E-state index in [0.717, 1.165) is 5.56 Å². The first kappa shape index (κ1) is 20.3. The molecule has 0 saturated heterocycles. The van der Waals surface area contributed by atoms with Crippen molar-refractivity contribution in [1.82, 2.24) is 10.6 Å². The zero-order valence-corrected chi connectivity index (χ0v) is 14.6. The van der Waals surface area contributed by atoms with Crippen LogP contribution in [0, 0.1) is 0 Å². The Bertz CT molecular complexity index is 583. The van der Waals surface area contributed by atoms with Crippen LogP contribution < -0.4 is 10.6 Å². The largest absolute Gasteiger partial charge is 0.480 e. The van der Waals surface area contributed by atoms with Crippen LogP contribution in [0.5, 0.6) is 0 Å². The molecule has 0 aliphatic carbocycles. The number of carboxylic acids is 1. The first-order chi connectivity index (χ1) is 11.7. The van der Waals surface area contributed by atoms with Gasteiger partial charge in [-0.1, -0.05) is 30.3 Å². The fourth-order valence-corrected chi connectivity index (χ4v) is 1.80. The predicted molar refractivity (Wildman–Crippen MR) is 90.0 cm³/mol. The minimum atomic E-state index is -1.22. The van der Waals surface area contributed by atoms with Crippen LogP contribution in [0.2, 0.25) is 0 Å². The first-order valence-corrected chi connectivity index (χ1v) is 7.84. The van der Waals surface area contributed by atoms with Gasteiger partial charge in [-0.2, -0.15) is 0 Å². The lowest BCUT2D eigenvalue weighted by Crippen LogP contribution is -2.43. The Kier molecular flexibility index (Phi) is 7.71. The highest BCUT2D eigenvalue weighted by Gasteiger charge is 2.21. The van der Waals surface area contributed by atoms with Crippen molar-refractivity contribution in [3.8, 4) is 0 Å². The number of hydrogen-bond acceptors (Lipinski definition) is 5. The van der Waals surface area contributed by atoms with E-state index in [9.17, 15) is 14.4 Å². The van der Waals surface area contributed by atoms with E-state index < -0.39 is 29.8 Å². The van der Waals surface area contributed by atoms with E-state index in [2.05, 4.69) is 10.6 Å². The highest BCUT2D eigenvalue weighted by atomic mass is 16.6. The third-order valence-electron chi connectivity index (χ3n) is 2.90. The Labute approximate surface area is 146 Å². The summed E-state index contributed by atoms with van der Waals surface area (Å²) < 4.78 is 10.0. The molecule has 1 aromatic rings. The maximum Gasteiger partial charge on any atom is 0.408 e. The lowest BCUT2D eigenvalue weighted by molar-refractivity contribution is -0.139. The number of carbonyl (C=O) groups excluding carboxylic acids is 2. The van der Waals surface area contributed by atoms with Gasteiger partial charge in [0.25, 0.3) is 0 Å². The van der Waals surface area contributed by atoms with Crippen molar-refractivity contribution in [1.29, 1.82) is 0 Å². The van der Waals surface area contributed by atoms with Crippen molar-refractivity contribution in [2.75, 3.05) is 6.54 Å². The molecule has 1 atom stereocenters. The van der Waals surface area contributed by atoms with Crippen LogP contribution in [0.15, 0.2) is 30.3 Å². The molecular formula is C17H24N2O6. The molecule has 8 nitrogen and oxygen atoms in total. The fraction of sp³-hybridized carbons (Fsp3) is 0.471. The predicted octanol–water partition coefficient (Wildman–Crippen LogP) is 2.28. The smallest absolute Gasteiger partial charge is 0.408 e. The summed E-state index contributed by atoms with van der Waals surface area (Å²) in [5.74, 6) is -1.22. The highest BCUT2D eigenvalue weighted by molar-refractivity contribution is 5.80. The number of carboxylic acid groups (broad SMARTS) is 1. The van der Waals surface area contributed by atoms with Crippen LogP contribution in [0.25, 0.3) is 0 Å². The van der Waals surface area contributed by atoms with Crippen LogP contribution >= 0.6 is 0 Å². The monoisotopic (exact) mass is 352 g/mol.